The number of hydrogen-bond acceptors (Lipinski definition) is 2. The lowest BCUT2D eigenvalue weighted by molar-refractivity contribution is -0.137. The lowest BCUT2D eigenvalue weighted by Gasteiger charge is -2.26. The molecule has 0 unspecified atom stereocenters. The van der Waals surface area contributed by atoms with Gasteiger partial charge in [0.1, 0.15) is 5.82 Å². The Hall–Kier alpha value is -1.95. The third-order valence-corrected chi connectivity index (χ3v) is 4.09. The Morgan fingerprint density at radius 2 is 1.74 bits per heavy atom. The van der Waals surface area contributed by atoms with Gasteiger partial charge in [-0.25, -0.2) is 9.37 Å². The maximum Gasteiger partial charge on any atom is 0.416 e. The van der Waals surface area contributed by atoms with E-state index in [1.165, 1.54) is 30.7 Å². The van der Waals surface area contributed by atoms with Gasteiger partial charge in [-0.3, -0.25) is 0 Å². The van der Waals surface area contributed by atoms with E-state index in [2.05, 4.69) is 10.3 Å². The first-order valence-corrected chi connectivity index (χ1v) is 7.50. The normalized spacial score (nSPS) is 15.5. The summed E-state index contributed by atoms with van der Waals surface area (Å²) in [6.45, 7) is 0.324. The van der Waals surface area contributed by atoms with Crippen LogP contribution >= 0.6 is 0 Å². The summed E-state index contributed by atoms with van der Waals surface area (Å²) in [7, 11) is 0. The highest BCUT2D eigenvalue weighted by Gasteiger charge is 2.30. The first-order chi connectivity index (χ1) is 10.9. The van der Waals surface area contributed by atoms with Gasteiger partial charge < -0.3 is 5.32 Å². The molecule has 1 aromatic heterocycles. The molecule has 2 aromatic rings. The number of alkyl halides is 3. The molecule has 0 aliphatic heterocycles. The minimum atomic E-state index is -4.37. The monoisotopic (exact) mass is 324 g/mol. The van der Waals surface area contributed by atoms with E-state index >= 15 is 0 Å². The van der Waals surface area contributed by atoms with Crippen molar-refractivity contribution in [3.63, 3.8) is 0 Å². The summed E-state index contributed by atoms with van der Waals surface area (Å²) in [5.74, 6) is -0.410. The highest BCUT2D eigenvalue weighted by Crippen LogP contribution is 2.30. The van der Waals surface area contributed by atoms with E-state index < -0.39 is 17.6 Å². The summed E-state index contributed by atoms with van der Waals surface area (Å²) < 4.78 is 51.6. The van der Waals surface area contributed by atoms with E-state index in [0.29, 0.717) is 23.8 Å². The van der Waals surface area contributed by atoms with Gasteiger partial charge in [0.2, 0.25) is 0 Å². The van der Waals surface area contributed by atoms with Crippen LogP contribution in [-0.2, 0) is 12.7 Å². The van der Waals surface area contributed by atoms with Crippen LogP contribution in [0.4, 0.5) is 17.6 Å². The average Bonchev–Trinajstić information content (AvgIpc) is 2.47. The second-order valence-corrected chi connectivity index (χ2v) is 5.71. The van der Waals surface area contributed by atoms with Gasteiger partial charge in [-0.1, -0.05) is 18.6 Å². The topological polar surface area (TPSA) is 24.9 Å². The van der Waals surface area contributed by atoms with Gasteiger partial charge in [0.25, 0.3) is 0 Å². The standard InChI is InChI=1S/C17H16F4N2/c18-14-8-9-15(23-16(14)10-22-13-2-1-3-13)11-4-6-12(7-5-11)17(19,20)21/h4-9,13,22H,1-3,10H2. The Morgan fingerprint density at radius 3 is 2.30 bits per heavy atom. The van der Waals surface area contributed by atoms with E-state index in [1.807, 2.05) is 0 Å². The molecule has 23 heavy (non-hydrogen) atoms. The lowest BCUT2D eigenvalue weighted by atomic mass is 9.93. The van der Waals surface area contributed by atoms with Gasteiger partial charge in [0, 0.05) is 18.2 Å². The Kier molecular flexibility index (Phi) is 4.35. The van der Waals surface area contributed by atoms with Crippen LogP contribution in [0.5, 0.6) is 0 Å². The zero-order chi connectivity index (χ0) is 16.4. The molecule has 0 bridgehead atoms. The fraction of sp³-hybridized carbons (Fsp3) is 0.353. The first kappa shape index (κ1) is 15.9. The fourth-order valence-electron chi connectivity index (χ4n) is 2.45. The zero-order valence-electron chi connectivity index (χ0n) is 12.3. The number of benzene rings is 1. The Bertz CT molecular complexity index is 676. The van der Waals surface area contributed by atoms with E-state index in [-0.39, 0.29) is 5.69 Å². The van der Waals surface area contributed by atoms with Crippen LogP contribution in [0.25, 0.3) is 11.3 Å². The quantitative estimate of drug-likeness (QED) is 0.835. The van der Waals surface area contributed by atoms with Crippen molar-refractivity contribution >= 4 is 0 Å². The van der Waals surface area contributed by atoms with E-state index in [0.717, 1.165) is 25.0 Å². The van der Waals surface area contributed by atoms with Gasteiger partial charge in [0.15, 0.2) is 0 Å². The van der Waals surface area contributed by atoms with Crippen molar-refractivity contribution in [3.05, 3.63) is 53.5 Å². The number of halogens is 4. The molecule has 1 heterocycles. The van der Waals surface area contributed by atoms with E-state index in [1.54, 1.807) is 0 Å². The predicted molar refractivity (Wildman–Crippen MR) is 79.1 cm³/mol. The van der Waals surface area contributed by atoms with Crippen molar-refractivity contribution < 1.29 is 17.6 Å². The van der Waals surface area contributed by atoms with Crippen LogP contribution in [-0.4, -0.2) is 11.0 Å². The molecular weight excluding hydrogens is 308 g/mol. The SMILES string of the molecule is Fc1ccc(-c2ccc(C(F)(F)F)cc2)nc1CNC1CCC1. The summed E-state index contributed by atoms with van der Waals surface area (Å²) in [6.07, 6.45) is -1.02. The van der Waals surface area contributed by atoms with Crippen LogP contribution < -0.4 is 5.32 Å². The molecule has 6 heteroatoms. The molecule has 0 amide bonds. The number of rotatable bonds is 4. The Balaban J connectivity index is 1.79. The smallest absolute Gasteiger partial charge is 0.308 e. The number of aromatic nitrogens is 1. The number of hydrogen-bond donors (Lipinski definition) is 1. The predicted octanol–water partition coefficient (Wildman–Crippen LogP) is 4.55. The fourth-order valence-corrected chi connectivity index (χ4v) is 2.45. The molecule has 1 N–H and O–H groups in total. The van der Waals surface area contributed by atoms with Gasteiger partial charge in [-0.05, 0) is 37.1 Å². The highest BCUT2D eigenvalue weighted by molar-refractivity contribution is 5.59. The molecule has 0 radical (unpaired) electrons. The van der Waals surface area contributed by atoms with Crippen molar-refractivity contribution in [3.8, 4) is 11.3 Å². The molecule has 0 atom stereocenters. The number of pyridine rings is 1. The van der Waals surface area contributed by atoms with E-state index in [9.17, 15) is 17.6 Å². The van der Waals surface area contributed by atoms with Gasteiger partial charge in [-0.15, -0.1) is 0 Å². The summed E-state index contributed by atoms with van der Waals surface area (Å²) in [4.78, 5) is 4.25. The molecule has 2 nitrogen and oxygen atoms in total. The molecule has 1 fully saturated rings. The molecule has 1 aliphatic rings. The molecule has 122 valence electrons. The van der Waals surface area contributed by atoms with Crippen LogP contribution in [0.1, 0.15) is 30.5 Å². The van der Waals surface area contributed by atoms with Gasteiger partial charge >= 0.3 is 6.18 Å². The van der Waals surface area contributed by atoms with Crippen molar-refractivity contribution in [1.29, 1.82) is 0 Å². The van der Waals surface area contributed by atoms with Crippen LogP contribution in [0.3, 0.4) is 0 Å². The number of nitrogens with zero attached hydrogens (tertiary/aromatic N) is 1. The summed E-state index contributed by atoms with van der Waals surface area (Å²) >= 11 is 0. The van der Waals surface area contributed by atoms with Crippen molar-refractivity contribution in [2.75, 3.05) is 0 Å². The average molecular weight is 324 g/mol. The van der Waals surface area contributed by atoms with Gasteiger partial charge in [0.05, 0.1) is 17.0 Å². The Morgan fingerprint density at radius 1 is 1.04 bits per heavy atom. The van der Waals surface area contributed by atoms with Gasteiger partial charge in [-0.2, -0.15) is 13.2 Å². The molecule has 3 rings (SSSR count). The second kappa shape index (κ2) is 6.28. The molecule has 1 aliphatic carbocycles. The maximum atomic E-state index is 13.8. The Labute approximate surface area is 131 Å². The van der Waals surface area contributed by atoms with Crippen molar-refractivity contribution in [2.45, 2.75) is 38.0 Å². The van der Waals surface area contributed by atoms with Crippen LogP contribution in [0.15, 0.2) is 36.4 Å². The van der Waals surface area contributed by atoms with Crippen LogP contribution in [0.2, 0.25) is 0 Å². The molecule has 0 spiro atoms. The van der Waals surface area contributed by atoms with Crippen molar-refractivity contribution in [2.24, 2.45) is 0 Å². The summed E-state index contributed by atoms with van der Waals surface area (Å²) in [6, 6.07) is 7.91. The number of nitrogens with one attached hydrogen (secondary N) is 1. The minimum Gasteiger partial charge on any atom is -0.308 e. The third-order valence-electron chi connectivity index (χ3n) is 4.09. The zero-order valence-corrected chi connectivity index (χ0v) is 12.3. The molecule has 1 saturated carbocycles. The first-order valence-electron chi connectivity index (χ1n) is 7.50. The maximum absolute atomic E-state index is 13.8. The van der Waals surface area contributed by atoms with Crippen molar-refractivity contribution in [1.82, 2.24) is 10.3 Å². The lowest BCUT2D eigenvalue weighted by Crippen LogP contribution is -2.35. The molecule has 0 saturated heterocycles. The summed E-state index contributed by atoms with van der Waals surface area (Å²) in [5, 5.41) is 3.23. The largest absolute Gasteiger partial charge is 0.416 e. The van der Waals surface area contributed by atoms with Crippen LogP contribution in [0, 0.1) is 5.82 Å². The van der Waals surface area contributed by atoms with E-state index in [4.69, 9.17) is 0 Å². The second-order valence-electron chi connectivity index (χ2n) is 5.71. The highest BCUT2D eigenvalue weighted by atomic mass is 19.4. The molecule has 1 aromatic carbocycles. The third kappa shape index (κ3) is 3.69. The molecular formula is C17H16F4N2. The minimum absolute atomic E-state index is 0.286. The summed E-state index contributed by atoms with van der Waals surface area (Å²) in [5.41, 5.74) is 0.568.